The van der Waals surface area contributed by atoms with Crippen LogP contribution in [0.5, 0.6) is 0 Å². The average molecular weight is 360 g/mol. The van der Waals surface area contributed by atoms with E-state index in [4.69, 9.17) is 0 Å². The summed E-state index contributed by atoms with van der Waals surface area (Å²) in [5, 5.41) is 4.74. The van der Waals surface area contributed by atoms with E-state index in [0.29, 0.717) is 0 Å². The first-order chi connectivity index (χ1) is 12.9. The van der Waals surface area contributed by atoms with E-state index in [0.717, 1.165) is 0 Å². The minimum atomic E-state index is -2.46. The first-order valence-electron chi connectivity index (χ1n) is 10.0. The predicted octanol–water partition coefficient (Wildman–Crippen LogP) is 5.48. The molecule has 1 fully saturated rings. The maximum absolute atomic E-state index is 2.46. The van der Waals surface area contributed by atoms with Gasteiger partial charge < -0.3 is 0 Å². The Balaban J connectivity index is 2.10. The molecule has 1 heteroatoms. The third-order valence-corrected chi connectivity index (χ3v) is 13.7. The summed E-state index contributed by atoms with van der Waals surface area (Å²) in [7, 11) is 0. The molecule has 4 rings (SSSR count). The van der Waals surface area contributed by atoms with Gasteiger partial charge in [-0.25, -0.2) is 0 Å². The van der Waals surface area contributed by atoms with Crippen molar-refractivity contribution in [1.29, 1.82) is 0 Å². The van der Waals surface area contributed by atoms with Gasteiger partial charge in [-0.15, -0.1) is 0 Å². The molecule has 0 nitrogen and oxygen atoms in total. The van der Waals surface area contributed by atoms with Crippen LogP contribution in [0.2, 0.25) is 0 Å². The van der Waals surface area contributed by atoms with Gasteiger partial charge >= 0.3 is 158 Å². The molecule has 1 heterocycles. The van der Waals surface area contributed by atoms with Gasteiger partial charge in [0.1, 0.15) is 0 Å². The molecule has 0 aromatic heterocycles. The summed E-state index contributed by atoms with van der Waals surface area (Å²) in [4.78, 5) is 0. The van der Waals surface area contributed by atoms with Crippen molar-refractivity contribution in [2.24, 2.45) is 0 Å². The van der Waals surface area contributed by atoms with Gasteiger partial charge in [0.2, 0.25) is 0 Å². The van der Waals surface area contributed by atoms with Gasteiger partial charge in [0.15, 0.2) is 0 Å². The van der Waals surface area contributed by atoms with Crippen LogP contribution < -0.4 is 15.9 Å². The Morgan fingerprint density at radius 2 is 0.692 bits per heavy atom. The van der Waals surface area contributed by atoms with Crippen LogP contribution in [0.4, 0.5) is 0 Å². The second-order valence-corrected chi connectivity index (χ2v) is 13.2. The summed E-state index contributed by atoms with van der Waals surface area (Å²) in [6.45, 7) is -2.46. The van der Waals surface area contributed by atoms with Crippen molar-refractivity contribution in [3.8, 4) is 0 Å². The molecule has 0 saturated carbocycles. The summed E-state index contributed by atoms with van der Waals surface area (Å²) in [5.41, 5.74) is 0. The third kappa shape index (κ3) is 2.72. The minimum absolute atomic E-state index is 1.31. The molecular formula is C25H29P. The van der Waals surface area contributed by atoms with E-state index >= 15 is 0 Å². The zero-order chi connectivity index (χ0) is 17.7. The standard InChI is InChI=1S/C25H29P/c1-2-13-21-26(22-14-3-1,23-15-7-4-8-16-23,24-17-9-5-10-18-24)25-19-11-6-12-20-25/h4-12,15-20H,1-3,13-14,21-22H2. The van der Waals surface area contributed by atoms with Gasteiger partial charge in [0, 0.05) is 0 Å². The van der Waals surface area contributed by atoms with Crippen LogP contribution in [-0.2, 0) is 0 Å². The van der Waals surface area contributed by atoms with E-state index in [1.165, 1.54) is 44.4 Å². The molecule has 0 bridgehead atoms. The predicted molar refractivity (Wildman–Crippen MR) is 118 cm³/mol. The van der Waals surface area contributed by atoms with Crippen LogP contribution in [0.15, 0.2) is 91.0 Å². The Morgan fingerprint density at radius 3 is 1.04 bits per heavy atom. The molecule has 0 spiro atoms. The number of benzene rings is 3. The maximum atomic E-state index is 2.42. The average Bonchev–Trinajstić information content (AvgIpc) is 2.71. The molecule has 3 aromatic rings. The van der Waals surface area contributed by atoms with Crippen molar-refractivity contribution in [3.05, 3.63) is 91.0 Å². The van der Waals surface area contributed by atoms with Crippen LogP contribution in [0.3, 0.4) is 0 Å². The SMILES string of the molecule is c1ccc(P2(c3ccccc3)(c3ccccc3)CCCCCCC2)cc1. The Kier molecular flexibility index (Phi) is 4.96. The Hall–Kier alpha value is -1.91. The molecular weight excluding hydrogens is 331 g/mol. The van der Waals surface area contributed by atoms with Gasteiger partial charge in [-0.1, -0.05) is 0 Å². The van der Waals surface area contributed by atoms with E-state index in [9.17, 15) is 0 Å². The molecule has 3 aromatic carbocycles. The molecule has 26 heavy (non-hydrogen) atoms. The molecule has 1 aliphatic rings. The first-order valence-corrected chi connectivity index (χ1v) is 12.6. The van der Waals surface area contributed by atoms with Crippen molar-refractivity contribution in [3.63, 3.8) is 0 Å². The number of rotatable bonds is 3. The quantitative estimate of drug-likeness (QED) is 0.543. The molecule has 1 saturated heterocycles. The first kappa shape index (κ1) is 17.5. The zero-order valence-electron chi connectivity index (χ0n) is 15.6. The van der Waals surface area contributed by atoms with Crippen molar-refractivity contribution in [2.75, 3.05) is 12.3 Å². The van der Waals surface area contributed by atoms with E-state index in [1.807, 2.05) is 0 Å². The molecule has 0 radical (unpaired) electrons. The van der Waals surface area contributed by atoms with Crippen molar-refractivity contribution in [2.45, 2.75) is 32.1 Å². The number of hydrogen-bond acceptors (Lipinski definition) is 0. The monoisotopic (exact) mass is 360 g/mol. The van der Waals surface area contributed by atoms with Crippen LogP contribution in [0.1, 0.15) is 32.1 Å². The normalized spacial score (nSPS) is 20.8. The molecule has 134 valence electrons. The molecule has 0 N–H and O–H groups in total. The van der Waals surface area contributed by atoms with E-state index in [-0.39, 0.29) is 0 Å². The zero-order valence-corrected chi connectivity index (χ0v) is 16.5. The van der Waals surface area contributed by atoms with E-state index < -0.39 is 6.60 Å². The molecule has 0 unspecified atom stereocenters. The van der Waals surface area contributed by atoms with Gasteiger partial charge in [0.05, 0.1) is 0 Å². The summed E-state index contributed by atoms with van der Waals surface area (Å²) in [6.07, 6.45) is 9.40. The molecule has 1 aliphatic heterocycles. The van der Waals surface area contributed by atoms with Gasteiger partial charge in [-0.3, -0.25) is 0 Å². The van der Waals surface area contributed by atoms with Crippen LogP contribution in [-0.4, -0.2) is 12.3 Å². The number of hydrogen-bond donors (Lipinski definition) is 0. The Morgan fingerprint density at radius 1 is 0.385 bits per heavy atom. The Bertz CT molecular complexity index is 712. The third-order valence-electron chi connectivity index (χ3n) is 6.44. The van der Waals surface area contributed by atoms with Crippen molar-refractivity contribution < 1.29 is 0 Å². The van der Waals surface area contributed by atoms with Crippen molar-refractivity contribution in [1.82, 2.24) is 0 Å². The summed E-state index contributed by atoms with van der Waals surface area (Å²) >= 11 is 0. The van der Waals surface area contributed by atoms with E-state index in [2.05, 4.69) is 91.0 Å². The second kappa shape index (κ2) is 7.37. The van der Waals surface area contributed by atoms with Gasteiger partial charge in [0.25, 0.3) is 0 Å². The fourth-order valence-corrected chi connectivity index (χ4v) is 12.3. The summed E-state index contributed by atoms with van der Waals surface area (Å²) < 4.78 is 0. The van der Waals surface area contributed by atoms with Crippen molar-refractivity contribution >= 4 is 22.5 Å². The van der Waals surface area contributed by atoms with Gasteiger partial charge in [-0.2, -0.15) is 0 Å². The fourth-order valence-electron chi connectivity index (χ4n) is 5.15. The topological polar surface area (TPSA) is 0 Å². The van der Waals surface area contributed by atoms with Crippen LogP contribution in [0.25, 0.3) is 0 Å². The van der Waals surface area contributed by atoms with Crippen LogP contribution in [0, 0.1) is 0 Å². The fraction of sp³-hybridized carbons (Fsp3) is 0.280. The molecule has 0 atom stereocenters. The second-order valence-electron chi connectivity index (χ2n) is 7.73. The van der Waals surface area contributed by atoms with Gasteiger partial charge in [-0.05, 0) is 0 Å². The summed E-state index contributed by atoms with van der Waals surface area (Å²) in [6, 6.07) is 34.5. The van der Waals surface area contributed by atoms with Crippen LogP contribution >= 0.6 is 6.60 Å². The molecule has 0 aliphatic carbocycles. The molecule has 0 amide bonds. The Labute approximate surface area is 158 Å². The summed E-state index contributed by atoms with van der Waals surface area (Å²) in [5.74, 6) is 0. The van der Waals surface area contributed by atoms with E-state index in [1.54, 1.807) is 15.9 Å².